The summed E-state index contributed by atoms with van der Waals surface area (Å²) in [5.41, 5.74) is 7.94. The maximum Gasteiger partial charge on any atom is 0.246 e. The highest BCUT2D eigenvalue weighted by molar-refractivity contribution is 5.88. The zero-order valence-corrected chi connectivity index (χ0v) is 20.6. The largest absolute Gasteiger partial charge is 0.474 e. The Morgan fingerprint density at radius 1 is 1.08 bits per heavy atom. The zero-order chi connectivity index (χ0) is 25.1. The third kappa shape index (κ3) is 5.18. The summed E-state index contributed by atoms with van der Waals surface area (Å²) in [6.45, 7) is 2.31. The fraction of sp³-hybridized carbons (Fsp3) is 0.321. The Labute approximate surface area is 211 Å². The number of carbonyl (C=O) groups is 1. The molecule has 0 unspecified atom stereocenters. The molecule has 8 heteroatoms. The van der Waals surface area contributed by atoms with E-state index in [2.05, 4.69) is 9.97 Å². The number of anilines is 1. The smallest absolute Gasteiger partial charge is 0.246 e. The molecule has 1 spiro atoms. The van der Waals surface area contributed by atoms with Crippen LogP contribution >= 0.6 is 0 Å². The van der Waals surface area contributed by atoms with Crippen molar-refractivity contribution in [3.63, 3.8) is 0 Å². The van der Waals surface area contributed by atoms with Crippen LogP contribution in [0.15, 0.2) is 73.1 Å². The molecule has 2 heterocycles. The van der Waals surface area contributed by atoms with Gasteiger partial charge in [-0.2, -0.15) is 0 Å². The first-order chi connectivity index (χ1) is 17.4. The Kier molecular flexibility index (Phi) is 6.61. The predicted octanol–water partition coefficient (Wildman–Crippen LogP) is 4.01. The Balaban J connectivity index is 1.19. The number of nitrogens with zero attached hydrogens (tertiary/aromatic N) is 4. The zero-order valence-electron chi connectivity index (χ0n) is 20.6. The summed E-state index contributed by atoms with van der Waals surface area (Å²) in [5, 5.41) is 0. The summed E-state index contributed by atoms with van der Waals surface area (Å²) in [6.07, 6.45) is 6.84. The van der Waals surface area contributed by atoms with Crippen LogP contribution in [0, 0.1) is 5.41 Å². The molecule has 2 N–H and O–H groups in total. The molecule has 2 aromatic carbocycles. The van der Waals surface area contributed by atoms with E-state index in [0.717, 1.165) is 49.5 Å². The van der Waals surface area contributed by atoms with Crippen LogP contribution in [0.4, 0.5) is 5.82 Å². The highest BCUT2D eigenvalue weighted by atomic mass is 16.5. The molecule has 1 saturated carbocycles. The number of nitrogens with two attached hydrogens (primary N) is 1. The molecular formula is C28H31N5O3. The van der Waals surface area contributed by atoms with Gasteiger partial charge in [0.15, 0.2) is 0 Å². The van der Waals surface area contributed by atoms with Crippen LogP contribution in [0.3, 0.4) is 0 Å². The fourth-order valence-corrected chi connectivity index (χ4v) is 4.85. The minimum Gasteiger partial charge on any atom is -0.474 e. The van der Waals surface area contributed by atoms with Crippen molar-refractivity contribution >= 4 is 11.7 Å². The first-order valence-corrected chi connectivity index (χ1v) is 12.1. The highest BCUT2D eigenvalue weighted by Gasteiger charge is 2.54. The number of carbonyl (C=O) groups excluding carboxylic acids is 1. The van der Waals surface area contributed by atoms with Crippen LogP contribution in [0.25, 0.3) is 11.1 Å². The van der Waals surface area contributed by atoms with Gasteiger partial charge in [-0.1, -0.05) is 36.4 Å². The van der Waals surface area contributed by atoms with Gasteiger partial charge in [0.05, 0.1) is 5.56 Å². The lowest BCUT2D eigenvalue weighted by molar-refractivity contribution is -0.155. The molecule has 0 atom stereocenters. The van der Waals surface area contributed by atoms with E-state index < -0.39 is 0 Å². The Hall–Kier alpha value is -3.91. The van der Waals surface area contributed by atoms with Gasteiger partial charge >= 0.3 is 0 Å². The summed E-state index contributed by atoms with van der Waals surface area (Å²) in [7, 11) is 3.96. The normalized spacial score (nSPS) is 16.7. The van der Waals surface area contributed by atoms with Crippen LogP contribution in [0.5, 0.6) is 17.4 Å². The van der Waals surface area contributed by atoms with E-state index in [9.17, 15) is 4.79 Å². The van der Waals surface area contributed by atoms with Crippen molar-refractivity contribution in [3.8, 4) is 28.5 Å². The number of hydrogen-bond donors (Lipinski definition) is 1. The topological polar surface area (TPSA) is 93.8 Å². The van der Waals surface area contributed by atoms with Crippen LogP contribution in [0.2, 0.25) is 0 Å². The second-order valence-corrected chi connectivity index (χ2v) is 9.89. The van der Waals surface area contributed by atoms with Crippen LogP contribution in [-0.2, 0) is 4.79 Å². The lowest BCUT2D eigenvalue weighted by Crippen LogP contribution is -2.65. The highest BCUT2D eigenvalue weighted by Crippen LogP contribution is 2.50. The van der Waals surface area contributed by atoms with Gasteiger partial charge in [-0.25, -0.2) is 9.97 Å². The van der Waals surface area contributed by atoms with E-state index in [4.69, 9.17) is 15.2 Å². The van der Waals surface area contributed by atoms with Crippen LogP contribution < -0.4 is 15.2 Å². The molecule has 2 fully saturated rings. The molecule has 1 aliphatic carbocycles. The van der Waals surface area contributed by atoms with E-state index in [1.807, 2.05) is 84.6 Å². The average molecular weight is 486 g/mol. The average Bonchev–Trinajstić information content (AvgIpc) is 2.81. The molecule has 1 aliphatic heterocycles. The lowest BCUT2D eigenvalue weighted by atomic mass is 9.61. The van der Waals surface area contributed by atoms with E-state index in [-0.39, 0.29) is 17.4 Å². The fourth-order valence-electron chi connectivity index (χ4n) is 4.85. The molecule has 1 saturated heterocycles. The number of likely N-dealkylation sites (tertiary alicyclic amines) is 1. The summed E-state index contributed by atoms with van der Waals surface area (Å²) in [4.78, 5) is 24.8. The molecule has 0 bridgehead atoms. The monoisotopic (exact) mass is 485 g/mol. The van der Waals surface area contributed by atoms with Gasteiger partial charge in [0.1, 0.15) is 29.7 Å². The quantitative estimate of drug-likeness (QED) is 0.482. The Morgan fingerprint density at radius 3 is 2.47 bits per heavy atom. The maximum absolute atomic E-state index is 12.3. The third-order valence-electron chi connectivity index (χ3n) is 6.66. The van der Waals surface area contributed by atoms with Crippen molar-refractivity contribution in [2.45, 2.75) is 18.9 Å². The van der Waals surface area contributed by atoms with Gasteiger partial charge in [0.2, 0.25) is 11.8 Å². The number of nitrogen functional groups attached to an aromatic ring is 1. The first-order valence-electron chi connectivity index (χ1n) is 12.1. The SMILES string of the molecule is CN(C)CC=CC(=O)N1CC2(CC(Oc3ncnc(N)c3-c3ccc(Oc4ccccc4)cc3)C2)C1. The molecule has 0 radical (unpaired) electrons. The third-order valence-corrected chi connectivity index (χ3v) is 6.66. The second-order valence-electron chi connectivity index (χ2n) is 9.89. The van der Waals surface area contributed by atoms with Crippen molar-refractivity contribution < 1.29 is 14.3 Å². The Morgan fingerprint density at radius 2 is 1.78 bits per heavy atom. The molecule has 186 valence electrons. The summed E-state index contributed by atoms with van der Waals surface area (Å²) < 4.78 is 12.2. The molecule has 36 heavy (non-hydrogen) atoms. The number of aromatic nitrogens is 2. The summed E-state index contributed by atoms with van der Waals surface area (Å²) in [6, 6.07) is 17.3. The molecule has 5 rings (SSSR count). The van der Waals surface area contributed by atoms with Crippen LogP contribution in [0.1, 0.15) is 12.8 Å². The van der Waals surface area contributed by atoms with Crippen molar-refractivity contribution in [1.82, 2.24) is 19.8 Å². The number of hydrogen-bond acceptors (Lipinski definition) is 7. The van der Waals surface area contributed by atoms with E-state index in [1.165, 1.54) is 6.33 Å². The van der Waals surface area contributed by atoms with E-state index in [1.54, 1.807) is 6.08 Å². The predicted molar refractivity (Wildman–Crippen MR) is 139 cm³/mol. The second kappa shape index (κ2) is 9.99. The van der Waals surface area contributed by atoms with Gasteiger partial charge < -0.3 is 25.0 Å². The van der Waals surface area contributed by atoms with E-state index in [0.29, 0.717) is 17.3 Å². The number of benzene rings is 2. The maximum atomic E-state index is 12.3. The van der Waals surface area contributed by atoms with Gasteiger partial charge in [0, 0.05) is 31.1 Å². The minimum absolute atomic E-state index is 0.0419. The molecule has 8 nitrogen and oxygen atoms in total. The number of para-hydroxylation sites is 1. The van der Waals surface area contributed by atoms with Crippen molar-refractivity contribution in [2.24, 2.45) is 5.41 Å². The minimum atomic E-state index is 0.0419. The van der Waals surface area contributed by atoms with Gasteiger partial charge in [-0.15, -0.1) is 0 Å². The summed E-state index contributed by atoms with van der Waals surface area (Å²) in [5.74, 6) is 2.44. The van der Waals surface area contributed by atoms with Crippen molar-refractivity contribution in [2.75, 3.05) is 39.5 Å². The van der Waals surface area contributed by atoms with Crippen molar-refractivity contribution in [1.29, 1.82) is 0 Å². The molecule has 1 amide bonds. The Bertz CT molecular complexity index is 1230. The van der Waals surface area contributed by atoms with Crippen molar-refractivity contribution in [3.05, 3.63) is 73.1 Å². The lowest BCUT2D eigenvalue weighted by Gasteiger charge is -2.58. The standard InChI is InChI=1S/C28H31N5O3/c1-32(2)14-6-9-24(34)33-17-28(18-33)15-23(16-28)36-27-25(26(29)30-19-31-27)20-10-12-22(13-11-20)35-21-7-4-3-5-8-21/h3-13,19,23H,14-18H2,1-2H3,(H2,29,30,31). The van der Waals surface area contributed by atoms with Gasteiger partial charge in [-0.05, 0) is 56.8 Å². The number of rotatable bonds is 8. The van der Waals surface area contributed by atoms with E-state index >= 15 is 0 Å². The molecule has 2 aliphatic rings. The number of ether oxygens (including phenoxy) is 2. The van der Waals surface area contributed by atoms with Gasteiger partial charge in [-0.3, -0.25) is 4.79 Å². The van der Waals surface area contributed by atoms with Crippen LogP contribution in [-0.4, -0.2) is 65.5 Å². The molecular weight excluding hydrogens is 454 g/mol. The molecule has 1 aromatic heterocycles. The number of amides is 1. The summed E-state index contributed by atoms with van der Waals surface area (Å²) >= 11 is 0. The number of likely N-dealkylation sites (N-methyl/N-ethyl adjacent to an activating group) is 1. The first kappa shape index (κ1) is 23.8. The van der Waals surface area contributed by atoms with Gasteiger partial charge in [0.25, 0.3) is 0 Å². The molecule has 3 aromatic rings.